The van der Waals surface area contributed by atoms with Gasteiger partial charge in [-0.2, -0.15) is 5.10 Å². The summed E-state index contributed by atoms with van der Waals surface area (Å²) in [6, 6.07) is 5.56. The van der Waals surface area contributed by atoms with Crippen LogP contribution in [-0.4, -0.2) is 63.9 Å². The van der Waals surface area contributed by atoms with Crippen LogP contribution in [0.25, 0.3) is 10.8 Å². The average molecular weight is 539 g/mol. The Balaban J connectivity index is 1.28. The average Bonchev–Trinajstić information content (AvgIpc) is 3.49. The number of nitrogens with two attached hydrogens (primary N) is 1. The van der Waals surface area contributed by atoms with Crippen molar-refractivity contribution in [3.05, 3.63) is 65.4 Å². The molecule has 1 aliphatic rings. The number of hydrogen-bond donors (Lipinski definition) is 2. The molecule has 1 aromatic carbocycles. The molecule has 3 aromatic heterocycles. The fourth-order valence-electron chi connectivity index (χ4n) is 4.57. The van der Waals surface area contributed by atoms with Gasteiger partial charge in [-0.1, -0.05) is 0 Å². The maximum Gasteiger partial charge on any atom is 0.267 e. The predicted molar refractivity (Wildman–Crippen MR) is 140 cm³/mol. The minimum Gasteiger partial charge on any atom is -0.496 e. The van der Waals surface area contributed by atoms with Gasteiger partial charge in [0.05, 0.1) is 37.8 Å². The molecule has 39 heavy (non-hydrogen) atoms. The number of rotatable bonds is 9. The van der Waals surface area contributed by atoms with E-state index in [-0.39, 0.29) is 51.1 Å². The fraction of sp³-hybridized carbons (Fsp3) is 0.346. The maximum atomic E-state index is 13.5. The van der Waals surface area contributed by atoms with Crippen LogP contribution in [0.4, 0.5) is 20.5 Å². The monoisotopic (exact) mass is 538 g/mol. The first kappa shape index (κ1) is 26.2. The van der Waals surface area contributed by atoms with Crippen molar-refractivity contribution in [2.45, 2.75) is 32.0 Å². The standard InChI is InChI=1S/C26H28F2N8O3/c1-38-14-20-19(24(37)31-9-16-7-18-3-5-30-23(29)22(18)21(8-16)39-2)13-36(34-20)12-17-10-32-25(33-11-17)35-6-4-26(27,28)15-35/h3,5,7-8,10-11,13H,4,6,9,12,14-15H2,1-2H3,(H2,29,30)(H,31,37). The first-order valence-electron chi connectivity index (χ1n) is 12.2. The van der Waals surface area contributed by atoms with Gasteiger partial charge in [-0.15, -0.1) is 0 Å². The number of nitrogens with one attached hydrogen (secondary N) is 1. The Hall–Kier alpha value is -4.39. The van der Waals surface area contributed by atoms with Gasteiger partial charge in [-0.3, -0.25) is 9.48 Å². The van der Waals surface area contributed by atoms with Crippen LogP contribution in [0.5, 0.6) is 5.75 Å². The van der Waals surface area contributed by atoms with Crippen LogP contribution in [0.3, 0.4) is 0 Å². The number of alkyl halides is 2. The Labute approximate surface area is 223 Å². The first-order valence-corrected chi connectivity index (χ1v) is 12.2. The van der Waals surface area contributed by atoms with Crippen LogP contribution in [-0.2, 0) is 24.4 Å². The number of aromatic nitrogens is 5. The van der Waals surface area contributed by atoms with Crippen molar-refractivity contribution in [1.82, 2.24) is 30.0 Å². The lowest BCUT2D eigenvalue weighted by Crippen LogP contribution is -2.26. The number of methoxy groups -OCH3 is 2. The minimum absolute atomic E-state index is 0.143. The van der Waals surface area contributed by atoms with E-state index in [1.54, 1.807) is 36.6 Å². The number of hydrogen-bond acceptors (Lipinski definition) is 9. The van der Waals surface area contributed by atoms with Gasteiger partial charge in [0.2, 0.25) is 5.95 Å². The third-order valence-electron chi connectivity index (χ3n) is 6.44. The van der Waals surface area contributed by atoms with Gasteiger partial charge in [-0.05, 0) is 29.1 Å². The van der Waals surface area contributed by atoms with Crippen molar-refractivity contribution < 1.29 is 23.0 Å². The molecule has 4 aromatic rings. The normalized spacial score (nSPS) is 14.6. The lowest BCUT2D eigenvalue weighted by molar-refractivity contribution is 0.0256. The van der Waals surface area contributed by atoms with Gasteiger partial charge in [0.1, 0.15) is 17.3 Å². The minimum atomic E-state index is -2.72. The Morgan fingerprint density at radius 3 is 2.67 bits per heavy atom. The topological polar surface area (TPSA) is 133 Å². The summed E-state index contributed by atoms with van der Waals surface area (Å²) in [7, 11) is 3.08. The second-order valence-electron chi connectivity index (χ2n) is 9.31. The van der Waals surface area contributed by atoms with E-state index in [0.717, 1.165) is 10.9 Å². The van der Waals surface area contributed by atoms with Gasteiger partial charge >= 0.3 is 0 Å². The summed E-state index contributed by atoms with van der Waals surface area (Å²) in [6.45, 7) is 0.501. The van der Waals surface area contributed by atoms with E-state index in [9.17, 15) is 13.6 Å². The van der Waals surface area contributed by atoms with Crippen LogP contribution >= 0.6 is 0 Å². The molecule has 5 rings (SSSR count). The summed E-state index contributed by atoms with van der Waals surface area (Å²) < 4.78 is 39.4. The smallest absolute Gasteiger partial charge is 0.267 e. The van der Waals surface area contributed by atoms with Crippen molar-refractivity contribution in [2.75, 3.05) is 37.9 Å². The van der Waals surface area contributed by atoms with E-state index in [1.807, 2.05) is 18.2 Å². The first-order chi connectivity index (χ1) is 18.8. The zero-order valence-electron chi connectivity index (χ0n) is 21.5. The fourth-order valence-corrected chi connectivity index (χ4v) is 4.57. The third kappa shape index (κ3) is 5.72. The number of ether oxygens (including phenoxy) is 2. The SMILES string of the molecule is COCc1nn(Cc2cnc(N3CCC(F)(F)C3)nc2)cc1C(=O)NCc1cc(OC)c2c(N)nccc2c1. The van der Waals surface area contributed by atoms with Gasteiger partial charge in [-0.25, -0.2) is 23.7 Å². The summed E-state index contributed by atoms with van der Waals surface area (Å²) >= 11 is 0. The number of halogens is 2. The van der Waals surface area contributed by atoms with Gasteiger partial charge in [0, 0.05) is 57.0 Å². The molecule has 0 saturated carbocycles. The number of fused-ring (bicyclic) bond motifs is 1. The van der Waals surface area contributed by atoms with Crippen molar-refractivity contribution in [2.24, 2.45) is 0 Å². The number of benzene rings is 1. The highest BCUT2D eigenvalue weighted by molar-refractivity contribution is 5.97. The molecule has 204 valence electrons. The van der Waals surface area contributed by atoms with Crippen LogP contribution < -0.4 is 20.7 Å². The quantitative estimate of drug-likeness (QED) is 0.330. The highest BCUT2D eigenvalue weighted by Gasteiger charge is 2.39. The number of anilines is 2. The molecule has 1 saturated heterocycles. The van der Waals surface area contributed by atoms with Gasteiger partial charge < -0.3 is 25.4 Å². The summed E-state index contributed by atoms with van der Waals surface area (Å²) in [5.74, 6) is -1.84. The molecular weight excluding hydrogens is 510 g/mol. The van der Waals surface area contributed by atoms with E-state index in [1.165, 1.54) is 12.0 Å². The van der Waals surface area contributed by atoms with Crippen molar-refractivity contribution in [3.63, 3.8) is 0 Å². The highest BCUT2D eigenvalue weighted by atomic mass is 19.3. The summed E-state index contributed by atoms with van der Waals surface area (Å²) in [5, 5.41) is 8.99. The molecule has 0 unspecified atom stereocenters. The van der Waals surface area contributed by atoms with Crippen molar-refractivity contribution >= 4 is 28.4 Å². The Morgan fingerprint density at radius 1 is 1.18 bits per heavy atom. The van der Waals surface area contributed by atoms with E-state index in [4.69, 9.17) is 15.2 Å². The zero-order valence-corrected chi connectivity index (χ0v) is 21.5. The second-order valence-corrected chi connectivity index (χ2v) is 9.31. The number of carbonyl (C=O) groups excluding carboxylic acids is 1. The molecule has 1 amide bonds. The third-order valence-corrected chi connectivity index (χ3v) is 6.44. The lowest BCUT2D eigenvalue weighted by Gasteiger charge is -2.15. The molecule has 0 spiro atoms. The number of carbonyl (C=O) groups is 1. The number of pyridine rings is 1. The molecule has 1 aliphatic heterocycles. The number of nitrogens with zero attached hydrogens (tertiary/aromatic N) is 6. The Morgan fingerprint density at radius 2 is 1.97 bits per heavy atom. The molecule has 0 radical (unpaired) electrons. The van der Waals surface area contributed by atoms with E-state index < -0.39 is 5.92 Å². The molecule has 13 heteroatoms. The van der Waals surface area contributed by atoms with Gasteiger partial charge in [0.15, 0.2) is 0 Å². The summed E-state index contributed by atoms with van der Waals surface area (Å²) in [4.78, 5) is 27.2. The van der Waals surface area contributed by atoms with Gasteiger partial charge in [0.25, 0.3) is 11.8 Å². The molecular formula is C26H28F2N8O3. The van der Waals surface area contributed by atoms with E-state index in [2.05, 4.69) is 25.4 Å². The zero-order chi connectivity index (χ0) is 27.6. The molecule has 1 fully saturated rings. The Bertz CT molecular complexity index is 1490. The Kier molecular flexibility index (Phi) is 7.24. The largest absolute Gasteiger partial charge is 0.496 e. The molecule has 0 aliphatic carbocycles. The molecule has 4 heterocycles. The maximum absolute atomic E-state index is 13.5. The molecule has 0 bridgehead atoms. The van der Waals surface area contributed by atoms with Crippen LogP contribution in [0, 0.1) is 0 Å². The van der Waals surface area contributed by atoms with E-state index in [0.29, 0.717) is 33.8 Å². The van der Waals surface area contributed by atoms with Crippen molar-refractivity contribution in [3.8, 4) is 5.75 Å². The molecule has 3 N–H and O–H groups in total. The lowest BCUT2D eigenvalue weighted by atomic mass is 10.1. The summed E-state index contributed by atoms with van der Waals surface area (Å²) in [5.41, 5.74) is 8.39. The van der Waals surface area contributed by atoms with Crippen molar-refractivity contribution in [1.29, 1.82) is 0 Å². The number of nitrogen functional groups attached to an aromatic ring is 1. The summed E-state index contributed by atoms with van der Waals surface area (Å²) in [6.07, 6.45) is 6.19. The number of amides is 1. The highest BCUT2D eigenvalue weighted by Crippen LogP contribution is 2.31. The van der Waals surface area contributed by atoms with Crippen LogP contribution in [0.1, 0.15) is 33.6 Å². The molecule has 0 atom stereocenters. The predicted octanol–water partition coefficient (Wildman–Crippen LogP) is 2.78. The van der Waals surface area contributed by atoms with Crippen LogP contribution in [0.15, 0.2) is 43.0 Å². The van der Waals surface area contributed by atoms with E-state index >= 15 is 0 Å². The molecule has 11 nitrogen and oxygen atoms in total. The second kappa shape index (κ2) is 10.8. The van der Waals surface area contributed by atoms with Crippen LogP contribution in [0.2, 0.25) is 0 Å².